The van der Waals surface area contributed by atoms with Crippen molar-refractivity contribution in [2.24, 2.45) is 0 Å². The van der Waals surface area contributed by atoms with Crippen LogP contribution in [0, 0.1) is 0 Å². The van der Waals surface area contributed by atoms with Crippen LogP contribution in [0.5, 0.6) is 0 Å². The summed E-state index contributed by atoms with van der Waals surface area (Å²) in [5, 5.41) is 0. The summed E-state index contributed by atoms with van der Waals surface area (Å²) >= 11 is 3.34. The average Bonchev–Trinajstić information content (AvgIpc) is 2.86. The average molecular weight is 367 g/mol. The molecule has 7 heteroatoms. The van der Waals surface area contributed by atoms with Gasteiger partial charge in [-0.15, -0.1) is 0 Å². The molecule has 1 aromatic rings. The Hall–Kier alpha value is -1.89. The second-order valence-electron chi connectivity index (χ2n) is 5.35. The van der Waals surface area contributed by atoms with Crippen molar-refractivity contribution >= 4 is 33.8 Å². The molecule has 2 saturated heterocycles. The molecule has 2 aliphatic heterocycles. The van der Waals surface area contributed by atoms with E-state index in [-0.39, 0.29) is 24.5 Å². The fourth-order valence-corrected chi connectivity index (χ4v) is 3.08. The first-order chi connectivity index (χ1) is 10.6. The summed E-state index contributed by atoms with van der Waals surface area (Å²) in [5.74, 6) is -0.316. The SMILES string of the molecule is O=C(c1ccc(Br)cc1)N1CCC(N2C(=O)COC2=O)CC1. The van der Waals surface area contributed by atoms with Crippen molar-refractivity contribution in [2.45, 2.75) is 18.9 Å². The number of rotatable bonds is 2. The molecule has 0 saturated carbocycles. The maximum Gasteiger partial charge on any atom is 0.417 e. The highest BCUT2D eigenvalue weighted by molar-refractivity contribution is 9.10. The standard InChI is InChI=1S/C15H15BrN2O4/c16-11-3-1-10(2-4-11)14(20)17-7-5-12(6-8-17)18-13(19)9-22-15(18)21/h1-4,12H,5-9H2. The van der Waals surface area contributed by atoms with E-state index in [9.17, 15) is 14.4 Å². The lowest BCUT2D eigenvalue weighted by Gasteiger charge is -2.34. The summed E-state index contributed by atoms with van der Waals surface area (Å²) in [6, 6.07) is 7.05. The first kappa shape index (κ1) is 15.0. The Morgan fingerprint density at radius 2 is 1.77 bits per heavy atom. The molecule has 1 aromatic carbocycles. The molecular formula is C15H15BrN2O4. The monoisotopic (exact) mass is 366 g/mol. The van der Waals surface area contributed by atoms with E-state index < -0.39 is 6.09 Å². The first-order valence-corrected chi connectivity index (χ1v) is 7.89. The summed E-state index contributed by atoms with van der Waals surface area (Å²) in [7, 11) is 0. The number of carbonyl (C=O) groups is 3. The Kier molecular flexibility index (Phi) is 4.15. The van der Waals surface area contributed by atoms with E-state index in [1.807, 2.05) is 12.1 Å². The molecule has 116 valence electrons. The largest absolute Gasteiger partial charge is 0.439 e. The highest BCUT2D eigenvalue weighted by Gasteiger charge is 2.39. The van der Waals surface area contributed by atoms with Gasteiger partial charge in [-0.05, 0) is 37.1 Å². The van der Waals surface area contributed by atoms with Crippen LogP contribution < -0.4 is 0 Å². The molecule has 2 fully saturated rings. The summed E-state index contributed by atoms with van der Waals surface area (Å²) in [6.07, 6.45) is 0.606. The van der Waals surface area contributed by atoms with Crippen molar-refractivity contribution in [1.82, 2.24) is 9.80 Å². The van der Waals surface area contributed by atoms with Crippen molar-refractivity contribution in [3.63, 3.8) is 0 Å². The Morgan fingerprint density at radius 3 is 2.32 bits per heavy atom. The van der Waals surface area contributed by atoms with Gasteiger partial charge in [-0.2, -0.15) is 0 Å². The van der Waals surface area contributed by atoms with Gasteiger partial charge in [-0.3, -0.25) is 9.59 Å². The molecule has 0 atom stereocenters. The number of nitrogens with zero attached hydrogens (tertiary/aromatic N) is 2. The molecule has 2 aliphatic rings. The predicted octanol–water partition coefficient (Wildman–Crippen LogP) is 2.03. The highest BCUT2D eigenvalue weighted by Crippen LogP contribution is 2.22. The Bertz CT molecular complexity index is 592. The highest BCUT2D eigenvalue weighted by atomic mass is 79.9. The van der Waals surface area contributed by atoms with Crippen molar-refractivity contribution in [3.05, 3.63) is 34.3 Å². The van der Waals surface area contributed by atoms with Gasteiger partial charge in [0.2, 0.25) is 0 Å². The van der Waals surface area contributed by atoms with E-state index in [0.29, 0.717) is 31.5 Å². The van der Waals surface area contributed by atoms with Crippen molar-refractivity contribution in [3.8, 4) is 0 Å². The van der Waals surface area contributed by atoms with Crippen LogP contribution >= 0.6 is 15.9 Å². The quantitative estimate of drug-likeness (QED) is 0.802. The minimum Gasteiger partial charge on any atom is -0.439 e. The molecule has 22 heavy (non-hydrogen) atoms. The molecule has 2 heterocycles. The van der Waals surface area contributed by atoms with E-state index in [1.54, 1.807) is 17.0 Å². The van der Waals surface area contributed by atoms with Crippen LogP contribution in [0.4, 0.5) is 4.79 Å². The van der Waals surface area contributed by atoms with Gasteiger partial charge in [0.25, 0.3) is 11.8 Å². The summed E-state index contributed by atoms with van der Waals surface area (Å²) in [5.41, 5.74) is 0.637. The van der Waals surface area contributed by atoms with Crippen LogP contribution in [0.15, 0.2) is 28.7 Å². The fraction of sp³-hybridized carbons (Fsp3) is 0.400. The molecule has 0 radical (unpaired) electrons. The summed E-state index contributed by atoms with van der Waals surface area (Å²) < 4.78 is 5.66. The molecule has 6 nitrogen and oxygen atoms in total. The third-order valence-corrected chi connectivity index (χ3v) is 4.52. The van der Waals surface area contributed by atoms with Crippen LogP contribution in [0.3, 0.4) is 0 Å². The first-order valence-electron chi connectivity index (χ1n) is 7.10. The van der Waals surface area contributed by atoms with Crippen LogP contribution in [-0.4, -0.2) is 53.4 Å². The van der Waals surface area contributed by atoms with Gasteiger partial charge in [0.15, 0.2) is 6.61 Å². The van der Waals surface area contributed by atoms with Gasteiger partial charge in [-0.25, -0.2) is 9.69 Å². The third-order valence-electron chi connectivity index (χ3n) is 3.99. The number of likely N-dealkylation sites (tertiary alicyclic amines) is 1. The zero-order chi connectivity index (χ0) is 15.7. The van der Waals surface area contributed by atoms with E-state index in [1.165, 1.54) is 4.90 Å². The van der Waals surface area contributed by atoms with Gasteiger partial charge in [0.1, 0.15) is 0 Å². The molecule has 3 rings (SSSR count). The third kappa shape index (κ3) is 2.85. The van der Waals surface area contributed by atoms with Crippen molar-refractivity contribution in [1.29, 1.82) is 0 Å². The topological polar surface area (TPSA) is 66.9 Å². The number of halogens is 1. The van der Waals surface area contributed by atoms with Gasteiger partial charge in [0, 0.05) is 29.2 Å². The normalized spacial score (nSPS) is 19.5. The molecule has 0 aromatic heterocycles. The van der Waals surface area contributed by atoms with Crippen molar-refractivity contribution in [2.75, 3.05) is 19.7 Å². The molecule has 0 bridgehead atoms. The van der Waals surface area contributed by atoms with E-state index in [4.69, 9.17) is 4.74 Å². The Morgan fingerprint density at radius 1 is 1.14 bits per heavy atom. The minimum atomic E-state index is -0.567. The van der Waals surface area contributed by atoms with Gasteiger partial charge in [0.05, 0.1) is 0 Å². The van der Waals surface area contributed by atoms with Crippen LogP contribution in [0.2, 0.25) is 0 Å². The number of imide groups is 1. The van der Waals surface area contributed by atoms with Gasteiger partial charge in [-0.1, -0.05) is 15.9 Å². The van der Waals surface area contributed by atoms with Gasteiger partial charge < -0.3 is 9.64 Å². The predicted molar refractivity (Wildman–Crippen MR) is 81.3 cm³/mol. The van der Waals surface area contributed by atoms with Crippen LogP contribution in [0.25, 0.3) is 0 Å². The van der Waals surface area contributed by atoms with Crippen molar-refractivity contribution < 1.29 is 19.1 Å². The summed E-state index contributed by atoms with van der Waals surface area (Å²) in [6.45, 7) is 0.879. The molecular weight excluding hydrogens is 352 g/mol. The number of ether oxygens (including phenoxy) is 1. The molecule has 0 N–H and O–H groups in total. The lowest BCUT2D eigenvalue weighted by molar-refractivity contribution is -0.127. The number of carbonyl (C=O) groups excluding carboxylic acids is 3. The van der Waals surface area contributed by atoms with E-state index in [0.717, 1.165) is 4.47 Å². The van der Waals surface area contributed by atoms with Gasteiger partial charge >= 0.3 is 6.09 Å². The van der Waals surface area contributed by atoms with E-state index >= 15 is 0 Å². The second-order valence-corrected chi connectivity index (χ2v) is 6.26. The van der Waals surface area contributed by atoms with Crippen LogP contribution in [0.1, 0.15) is 23.2 Å². The Balaban J connectivity index is 1.62. The number of cyclic esters (lactones) is 1. The number of hydrogen-bond acceptors (Lipinski definition) is 4. The molecule has 0 unspecified atom stereocenters. The molecule has 0 aliphatic carbocycles. The number of piperidine rings is 1. The number of benzene rings is 1. The zero-order valence-electron chi connectivity index (χ0n) is 11.8. The maximum absolute atomic E-state index is 12.4. The zero-order valence-corrected chi connectivity index (χ0v) is 13.4. The smallest absolute Gasteiger partial charge is 0.417 e. The lowest BCUT2D eigenvalue weighted by atomic mass is 10.0. The van der Waals surface area contributed by atoms with E-state index in [2.05, 4.69) is 15.9 Å². The fourth-order valence-electron chi connectivity index (χ4n) is 2.82. The minimum absolute atomic E-state index is 0.0266. The molecule has 0 spiro atoms. The summed E-state index contributed by atoms with van der Waals surface area (Å²) in [4.78, 5) is 38.6. The lowest BCUT2D eigenvalue weighted by Crippen LogP contribution is -2.48. The van der Waals surface area contributed by atoms with Crippen LogP contribution in [-0.2, 0) is 9.53 Å². The number of amides is 3. The second kappa shape index (κ2) is 6.08. The number of hydrogen-bond donors (Lipinski definition) is 0. The maximum atomic E-state index is 12.4. The molecule has 3 amide bonds. The Labute approximate surface area is 136 Å².